The fourth-order valence-electron chi connectivity index (χ4n) is 3.51. The van der Waals surface area contributed by atoms with Crippen molar-refractivity contribution in [3.63, 3.8) is 0 Å². The van der Waals surface area contributed by atoms with Crippen LogP contribution in [-0.4, -0.2) is 70.0 Å². The first-order chi connectivity index (χ1) is 15.9. The highest BCUT2D eigenvalue weighted by atomic mass is 32.2. The van der Waals surface area contributed by atoms with Crippen LogP contribution in [0.3, 0.4) is 0 Å². The van der Waals surface area contributed by atoms with E-state index in [2.05, 4.69) is 33.9 Å². The molecule has 1 fully saturated rings. The Morgan fingerprint density at radius 2 is 1.85 bits per heavy atom. The molecule has 174 valence electrons. The Morgan fingerprint density at radius 3 is 2.52 bits per heavy atom. The monoisotopic (exact) mass is 468 g/mol. The van der Waals surface area contributed by atoms with Gasteiger partial charge < -0.3 is 19.0 Å². The average Bonchev–Trinajstić information content (AvgIpc) is 3.31. The molecule has 0 radical (unpaired) electrons. The Labute approximate surface area is 197 Å². The molecule has 0 saturated carbocycles. The van der Waals surface area contributed by atoms with Gasteiger partial charge >= 0.3 is 0 Å². The van der Waals surface area contributed by atoms with E-state index < -0.39 is 0 Å². The van der Waals surface area contributed by atoms with E-state index in [0.717, 1.165) is 41.7 Å². The van der Waals surface area contributed by atoms with E-state index in [-0.39, 0.29) is 17.6 Å². The quantitative estimate of drug-likeness (QED) is 0.483. The van der Waals surface area contributed by atoms with Crippen LogP contribution < -0.4 is 9.64 Å². The Kier molecular flexibility index (Phi) is 7.12. The molecule has 1 aromatic carbocycles. The van der Waals surface area contributed by atoms with Crippen molar-refractivity contribution >= 4 is 23.5 Å². The lowest BCUT2D eigenvalue weighted by Crippen LogP contribution is -2.49. The zero-order chi connectivity index (χ0) is 23.4. The summed E-state index contributed by atoms with van der Waals surface area (Å²) in [6.45, 7) is 8.97. The second-order valence-electron chi connectivity index (χ2n) is 8.14. The molecular weight excluding hydrogens is 440 g/mol. The minimum Gasteiger partial charge on any atom is -0.497 e. The number of hydrogen-bond acceptors (Lipinski definition) is 9. The summed E-state index contributed by atoms with van der Waals surface area (Å²) in [7, 11) is 1.62. The number of amides is 1. The number of hydrogen-bond donors (Lipinski definition) is 0. The summed E-state index contributed by atoms with van der Waals surface area (Å²) in [6, 6.07) is 9.39. The van der Waals surface area contributed by atoms with Gasteiger partial charge in [-0.1, -0.05) is 25.6 Å². The van der Waals surface area contributed by atoms with E-state index in [4.69, 9.17) is 14.1 Å². The van der Waals surface area contributed by atoms with Gasteiger partial charge in [-0.15, -0.1) is 10.2 Å². The fraction of sp³-hybridized carbons (Fsp3) is 0.435. The van der Waals surface area contributed by atoms with Gasteiger partial charge in [0, 0.05) is 49.4 Å². The van der Waals surface area contributed by atoms with E-state index in [1.807, 2.05) is 42.2 Å². The smallest absolute Gasteiger partial charge is 0.277 e. The number of nitrogens with zero attached hydrogens (tertiary/aromatic N) is 6. The van der Waals surface area contributed by atoms with Crippen molar-refractivity contribution in [1.82, 2.24) is 25.1 Å². The number of anilines is 1. The van der Waals surface area contributed by atoms with Crippen molar-refractivity contribution < 1.29 is 13.9 Å². The molecule has 0 N–H and O–H groups in total. The van der Waals surface area contributed by atoms with E-state index in [9.17, 15) is 4.79 Å². The maximum absolute atomic E-state index is 12.7. The maximum Gasteiger partial charge on any atom is 0.277 e. The number of carbonyl (C=O) groups is 1. The van der Waals surface area contributed by atoms with Crippen LogP contribution in [0.4, 0.5) is 5.82 Å². The highest BCUT2D eigenvalue weighted by molar-refractivity contribution is 7.99. The van der Waals surface area contributed by atoms with Crippen LogP contribution in [0.2, 0.25) is 0 Å². The summed E-state index contributed by atoms with van der Waals surface area (Å²) in [5, 5.41) is 8.52. The van der Waals surface area contributed by atoms with Gasteiger partial charge in [-0.3, -0.25) is 4.79 Å². The zero-order valence-electron chi connectivity index (χ0n) is 19.3. The lowest BCUT2D eigenvalue weighted by Gasteiger charge is -2.35. The number of benzene rings is 1. The second kappa shape index (κ2) is 10.2. The van der Waals surface area contributed by atoms with Crippen LogP contribution in [-0.2, 0) is 4.79 Å². The molecule has 2 aromatic heterocycles. The van der Waals surface area contributed by atoms with Gasteiger partial charge in [-0.25, -0.2) is 9.97 Å². The molecule has 1 amide bonds. The number of rotatable bonds is 7. The Balaban J connectivity index is 1.29. The van der Waals surface area contributed by atoms with E-state index in [1.165, 1.54) is 11.8 Å². The van der Waals surface area contributed by atoms with Crippen molar-refractivity contribution in [3.8, 4) is 17.2 Å². The van der Waals surface area contributed by atoms with Crippen molar-refractivity contribution in [2.45, 2.75) is 31.9 Å². The minimum absolute atomic E-state index is 0.0607. The first-order valence-corrected chi connectivity index (χ1v) is 11.9. The Hall–Kier alpha value is -3.14. The van der Waals surface area contributed by atoms with E-state index in [1.54, 1.807) is 7.11 Å². The van der Waals surface area contributed by atoms with Gasteiger partial charge in [0.05, 0.1) is 12.9 Å². The molecule has 1 aliphatic heterocycles. The van der Waals surface area contributed by atoms with Crippen molar-refractivity contribution in [2.75, 3.05) is 43.9 Å². The first-order valence-electron chi connectivity index (χ1n) is 10.9. The molecule has 0 bridgehead atoms. The summed E-state index contributed by atoms with van der Waals surface area (Å²) in [4.78, 5) is 26.0. The summed E-state index contributed by atoms with van der Waals surface area (Å²) < 4.78 is 10.9. The molecule has 1 aliphatic rings. The molecule has 4 rings (SSSR count). The van der Waals surface area contributed by atoms with Gasteiger partial charge in [0.2, 0.25) is 11.8 Å². The number of piperazine rings is 1. The number of carbonyl (C=O) groups excluding carboxylic acids is 1. The molecule has 0 atom stereocenters. The van der Waals surface area contributed by atoms with Gasteiger partial charge in [0.25, 0.3) is 5.22 Å². The predicted octanol–water partition coefficient (Wildman–Crippen LogP) is 3.41. The molecule has 0 unspecified atom stereocenters. The van der Waals surface area contributed by atoms with Crippen LogP contribution in [0, 0.1) is 6.92 Å². The van der Waals surface area contributed by atoms with Crippen LogP contribution >= 0.6 is 11.8 Å². The highest BCUT2D eigenvalue weighted by Crippen LogP contribution is 2.25. The molecule has 0 spiro atoms. The molecular formula is C23H28N6O3S. The van der Waals surface area contributed by atoms with E-state index >= 15 is 0 Å². The molecule has 0 aliphatic carbocycles. The number of methoxy groups -OCH3 is 1. The summed E-state index contributed by atoms with van der Waals surface area (Å²) in [5.41, 5.74) is 1.77. The third-order valence-corrected chi connectivity index (χ3v) is 6.20. The minimum atomic E-state index is 0.0607. The largest absolute Gasteiger partial charge is 0.497 e. The lowest BCUT2D eigenvalue weighted by atomic mass is 10.2. The molecule has 3 heterocycles. The third-order valence-electron chi connectivity index (χ3n) is 5.39. The van der Waals surface area contributed by atoms with Crippen LogP contribution in [0.15, 0.2) is 40.0 Å². The Morgan fingerprint density at radius 1 is 1.12 bits per heavy atom. The number of aromatic nitrogens is 4. The summed E-state index contributed by atoms with van der Waals surface area (Å²) >= 11 is 1.26. The van der Waals surface area contributed by atoms with Gasteiger partial charge in [0.15, 0.2) is 0 Å². The van der Waals surface area contributed by atoms with Crippen molar-refractivity contribution in [2.24, 2.45) is 0 Å². The molecule has 33 heavy (non-hydrogen) atoms. The van der Waals surface area contributed by atoms with Crippen molar-refractivity contribution in [3.05, 3.63) is 41.9 Å². The molecule has 10 heteroatoms. The van der Waals surface area contributed by atoms with Crippen LogP contribution in [0.1, 0.15) is 31.3 Å². The van der Waals surface area contributed by atoms with Gasteiger partial charge in [-0.2, -0.15) is 0 Å². The normalized spacial score (nSPS) is 14.1. The average molecular weight is 469 g/mol. The number of thioether (sulfide) groups is 1. The van der Waals surface area contributed by atoms with Gasteiger partial charge in [0.1, 0.15) is 17.4 Å². The number of aryl methyl sites for hydroxylation is 1. The predicted molar refractivity (Wildman–Crippen MR) is 127 cm³/mol. The molecule has 9 nitrogen and oxygen atoms in total. The SMILES string of the molecule is COc1ccc(-c2nnc(SCC(=O)N3CCN(c4cc(C)nc(C(C)C)n4)CC3)o2)cc1. The fourth-order valence-corrected chi connectivity index (χ4v) is 4.18. The topological polar surface area (TPSA) is 97.5 Å². The lowest BCUT2D eigenvalue weighted by molar-refractivity contribution is -0.128. The van der Waals surface area contributed by atoms with E-state index in [0.29, 0.717) is 24.2 Å². The van der Waals surface area contributed by atoms with Crippen LogP contribution in [0.5, 0.6) is 5.75 Å². The zero-order valence-corrected chi connectivity index (χ0v) is 20.1. The molecule has 3 aromatic rings. The van der Waals surface area contributed by atoms with Gasteiger partial charge in [-0.05, 0) is 31.2 Å². The standard InChI is InChI=1S/C23H28N6O3S/c1-15(2)21-24-16(3)13-19(25-21)28-9-11-29(12-10-28)20(30)14-33-23-27-26-22(32-23)17-5-7-18(31-4)8-6-17/h5-8,13,15H,9-12,14H2,1-4H3. The summed E-state index contributed by atoms with van der Waals surface area (Å²) in [6.07, 6.45) is 0. The number of ether oxygens (including phenoxy) is 1. The summed E-state index contributed by atoms with van der Waals surface area (Å²) in [5.74, 6) is 3.56. The highest BCUT2D eigenvalue weighted by Gasteiger charge is 2.23. The van der Waals surface area contributed by atoms with Crippen LogP contribution in [0.25, 0.3) is 11.5 Å². The molecule has 1 saturated heterocycles. The third kappa shape index (κ3) is 5.62. The van der Waals surface area contributed by atoms with Crippen molar-refractivity contribution in [1.29, 1.82) is 0 Å². The Bertz CT molecular complexity index is 1090. The maximum atomic E-state index is 12.7. The first kappa shape index (κ1) is 23.0. The second-order valence-corrected chi connectivity index (χ2v) is 9.07.